The molecule has 4 rings (SSSR count). The zero-order valence-corrected chi connectivity index (χ0v) is 18.5. The van der Waals surface area contributed by atoms with Crippen LogP contribution in [0.2, 0.25) is 0 Å². The lowest BCUT2D eigenvalue weighted by atomic mass is 10.2. The van der Waals surface area contributed by atoms with E-state index in [9.17, 15) is 9.59 Å². The van der Waals surface area contributed by atoms with Crippen LogP contribution < -0.4 is 9.64 Å². The Morgan fingerprint density at radius 2 is 1.78 bits per heavy atom. The number of rotatable bonds is 6. The molecule has 3 heterocycles. The van der Waals surface area contributed by atoms with Gasteiger partial charge in [-0.05, 0) is 44.2 Å². The van der Waals surface area contributed by atoms with Crippen molar-refractivity contribution in [2.75, 3.05) is 44.8 Å². The molecule has 0 spiro atoms. The maximum absolute atomic E-state index is 12.5. The van der Waals surface area contributed by atoms with Crippen molar-refractivity contribution in [2.45, 2.75) is 19.9 Å². The first-order chi connectivity index (χ1) is 15.5. The molecule has 9 nitrogen and oxygen atoms in total. The van der Waals surface area contributed by atoms with Crippen molar-refractivity contribution in [2.24, 2.45) is 0 Å². The minimum Gasteiger partial charge on any atom is -0.497 e. The zero-order chi connectivity index (χ0) is 22.7. The number of aromatic nitrogens is 3. The van der Waals surface area contributed by atoms with Crippen molar-refractivity contribution in [3.05, 3.63) is 48.3 Å². The number of ether oxygens (including phenoxy) is 2. The predicted molar refractivity (Wildman–Crippen MR) is 120 cm³/mol. The Balaban J connectivity index is 1.29. The fourth-order valence-electron chi connectivity index (χ4n) is 3.74. The zero-order valence-electron chi connectivity index (χ0n) is 18.5. The van der Waals surface area contributed by atoms with E-state index in [-0.39, 0.29) is 18.6 Å². The van der Waals surface area contributed by atoms with E-state index in [4.69, 9.17) is 9.47 Å². The molecule has 1 aromatic carbocycles. The van der Waals surface area contributed by atoms with Gasteiger partial charge < -0.3 is 19.3 Å². The lowest BCUT2D eigenvalue weighted by Crippen LogP contribution is -2.49. The topological polar surface area (TPSA) is 89.8 Å². The molecule has 0 radical (unpaired) electrons. The molecule has 3 aromatic rings. The summed E-state index contributed by atoms with van der Waals surface area (Å²) >= 11 is 0. The van der Waals surface area contributed by atoms with E-state index in [0.29, 0.717) is 37.4 Å². The number of nitrogens with zero attached hydrogens (tertiary/aromatic N) is 5. The van der Waals surface area contributed by atoms with Crippen LogP contribution in [0.3, 0.4) is 0 Å². The second-order valence-electron chi connectivity index (χ2n) is 7.96. The van der Waals surface area contributed by atoms with Gasteiger partial charge >= 0.3 is 5.97 Å². The number of benzene rings is 1. The van der Waals surface area contributed by atoms with E-state index < -0.39 is 5.97 Å². The summed E-state index contributed by atoms with van der Waals surface area (Å²) in [6.07, 6.45) is 3.13. The molecule has 1 fully saturated rings. The molecular formula is C23H27N5O4. The Morgan fingerprint density at radius 3 is 2.44 bits per heavy atom. The van der Waals surface area contributed by atoms with Crippen LogP contribution in [0.4, 0.5) is 5.69 Å². The van der Waals surface area contributed by atoms with Crippen LogP contribution in [0.15, 0.2) is 42.7 Å². The maximum Gasteiger partial charge on any atom is 0.340 e. The summed E-state index contributed by atoms with van der Waals surface area (Å²) in [5.74, 6) is 0.0452. The van der Waals surface area contributed by atoms with Gasteiger partial charge in [-0.2, -0.15) is 5.10 Å². The third-order valence-corrected chi connectivity index (χ3v) is 5.55. The molecule has 1 saturated heterocycles. The Bertz CT molecular complexity index is 1100. The normalized spacial score (nSPS) is 14.1. The number of amides is 1. The molecule has 1 aliphatic rings. The van der Waals surface area contributed by atoms with Gasteiger partial charge in [-0.1, -0.05) is 0 Å². The minimum absolute atomic E-state index is 0.167. The van der Waals surface area contributed by atoms with Gasteiger partial charge in [0, 0.05) is 49.5 Å². The van der Waals surface area contributed by atoms with Crippen molar-refractivity contribution in [1.82, 2.24) is 19.7 Å². The largest absolute Gasteiger partial charge is 0.497 e. The summed E-state index contributed by atoms with van der Waals surface area (Å²) in [5, 5.41) is 5.06. The van der Waals surface area contributed by atoms with E-state index >= 15 is 0 Å². The average molecular weight is 438 g/mol. The van der Waals surface area contributed by atoms with Crippen LogP contribution in [0.5, 0.6) is 5.75 Å². The quantitative estimate of drug-likeness (QED) is 0.548. The molecule has 9 heteroatoms. The van der Waals surface area contributed by atoms with E-state index in [2.05, 4.69) is 15.0 Å². The lowest BCUT2D eigenvalue weighted by Gasteiger charge is -2.36. The molecule has 168 valence electrons. The third kappa shape index (κ3) is 4.51. The summed E-state index contributed by atoms with van der Waals surface area (Å²) in [4.78, 5) is 33.2. The number of carbonyl (C=O) groups excluding carboxylic acids is 2. The van der Waals surface area contributed by atoms with Crippen molar-refractivity contribution in [3.8, 4) is 5.75 Å². The molecular weight excluding hydrogens is 410 g/mol. The van der Waals surface area contributed by atoms with Crippen LogP contribution in [0.1, 0.15) is 30.2 Å². The molecule has 1 amide bonds. The van der Waals surface area contributed by atoms with Crippen LogP contribution >= 0.6 is 0 Å². The first kappa shape index (κ1) is 21.6. The highest BCUT2D eigenvalue weighted by molar-refractivity contribution is 5.94. The van der Waals surface area contributed by atoms with E-state index in [1.807, 2.05) is 38.1 Å². The number of hydrogen-bond donors (Lipinski definition) is 0. The summed E-state index contributed by atoms with van der Waals surface area (Å²) in [6.45, 7) is 6.32. The second-order valence-corrected chi connectivity index (χ2v) is 7.96. The van der Waals surface area contributed by atoms with Crippen LogP contribution in [-0.4, -0.2) is 71.4 Å². The van der Waals surface area contributed by atoms with Crippen LogP contribution in [-0.2, 0) is 9.53 Å². The van der Waals surface area contributed by atoms with Gasteiger partial charge in [-0.15, -0.1) is 0 Å². The number of piperazine rings is 1. The van der Waals surface area contributed by atoms with Gasteiger partial charge in [-0.25, -0.2) is 14.5 Å². The number of fused-ring (bicyclic) bond motifs is 1. The Labute approximate surface area is 186 Å². The highest BCUT2D eigenvalue weighted by Gasteiger charge is 2.23. The summed E-state index contributed by atoms with van der Waals surface area (Å²) < 4.78 is 12.2. The lowest BCUT2D eigenvalue weighted by molar-refractivity contribution is -0.134. The van der Waals surface area contributed by atoms with Crippen molar-refractivity contribution >= 4 is 28.6 Å². The van der Waals surface area contributed by atoms with Gasteiger partial charge in [0.2, 0.25) is 0 Å². The van der Waals surface area contributed by atoms with Crippen molar-refractivity contribution < 1.29 is 19.1 Å². The molecule has 0 atom stereocenters. The molecule has 0 aliphatic carbocycles. The third-order valence-electron chi connectivity index (χ3n) is 5.55. The molecule has 0 N–H and O–H groups in total. The Kier molecular flexibility index (Phi) is 6.25. The average Bonchev–Trinajstić information content (AvgIpc) is 3.26. The Morgan fingerprint density at radius 1 is 1.06 bits per heavy atom. The highest BCUT2D eigenvalue weighted by Crippen LogP contribution is 2.21. The van der Waals surface area contributed by atoms with Gasteiger partial charge in [-0.3, -0.25) is 4.79 Å². The molecule has 32 heavy (non-hydrogen) atoms. The van der Waals surface area contributed by atoms with Crippen LogP contribution in [0, 0.1) is 0 Å². The highest BCUT2D eigenvalue weighted by atomic mass is 16.5. The molecule has 1 aliphatic heterocycles. The number of anilines is 1. The number of methoxy groups -OCH3 is 1. The smallest absolute Gasteiger partial charge is 0.340 e. The van der Waals surface area contributed by atoms with E-state index in [1.54, 1.807) is 29.0 Å². The SMILES string of the molecule is COc1ccc(N2CCN(C(=O)COC(=O)c3cnc4c(cnn4C(C)C)c3)CC2)cc1. The van der Waals surface area contributed by atoms with E-state index in [1.165, 1.54) is 6.20 Å². The van der Waals surface area contributed by atoms with Gasteiger partial charge in [0.05, 0.1) is 18.9 Å². The van der Waals surface area contributed by atoms with Gasteiger partial charge in [0.15, 0.2) is 12.3 Å². The molecule has 2 aromatic heterocycles. The second kappa shape index (κ2) is 9.25. The predicted octanol–water partition coefficient (Wildman–Crippen LogP) is 2.53. The maximum atomic E-state index is 12.5. The van der Waals surface area contributed by atoms with Crippen molar-refractivity contribution in [1.29, 1.82) is 0 Å². The number of esters is 1. The standard InChI is InChI=1S/C23H27N5O4/c1-16(2)28-22-17(14-25-28)12-18(13-24-22)23(30)32-15-21(29)27-10-8-26(9-11-27)19-4-6-20(31-3)7-5-19/h4-7,12-14,16H,8-11,15H2,1-3H3. The van der Waals surface area contributed by atoms with E-state index in [0.717, 1.165) is 16.8 Å². The van der Waals surface area contributed by atoms with Crippen molar-refractivity contribution in [3.63, 3.8) is 0 Å². The fourth-order valence-corrected chi connectivity index (χ4v) is 3.74. The summed E-state index contributed by atoms with van der Waals surface area (Å²) in [7, 11) is 1.64. The molecule has 0 bridgehead atoms. The van der Waals surface area contributed by atoms with Gasteiger partial charge in [0.1, 0.15) is 5.75 Å². The van der Waals surface area contributed by atoms with Gasteiger partial charge in [0.25, 0.3) is 5.91 Å². The molecule has 0 unspecified atom stereocenters. The summed E-state index contributed by atoms with van der Waals surface area (Å²) in [5.41, 5.74) is 2.10. The fraction of sp³-hybridized carbons (Fsp3) is 0.391. The first-order valence-corrected chi connectivity index (χ1v) is 10.6. The minimum atomic E-state index is -0.568. The monoisotopic (exact) mass is 437 g/mol. The number of hydrogen-bond acceptors (Lipinski definition) is 7. The number of carbonyl (C=O) groups is 2. The Hall–Kier alpha value is -3.62. The first-order valence-electron chi connectivity index (χ1n) is 10.6. The summed E-state index contributed by atoms with van der Waals surface area (Å²) in [6, 6.07) is 9.72. The number of pyridine rings is 1. The molecule has 0 saturated carbocycles. The van der Waals surface area contributed by atoms with Crippen LogP contribution in [0.25, 0.3) is 11.0 Å².